The first-order valence-corrected chi connectivity index (χ1v) is 7.54. The van der Waals surface area contributed by atoms with E-state index in [4.69, 9.17) is 4.42 Å². The third-order valence-electron chi connectivity index (χ3n) is 3.84. The van der Waals surface area contributed by atoms with Gasteiger partial charge in [-0.15, -0.1) is 0 Å². The second-order valence-corrected chi connectivity index (χ2v) is 6.28. The summed E-state index contributed by atoms with van der Waals surface area (Å²) < 4.78 is 5.76. The Morgan fingerprint density at radius 2 is 2.00 bits per heavy atom. The Balaban J connectivity index is 1.72. The second-order valence-electron chi connectivity index (χ2n) is 6.28. The van der Waals surface area contributed by atoms with Gasteiger partial charge < -0.3 is 9.52 Å². The summed E-state index contributed by atoms with van der Waals surface area (Å²) in [4.78, 5) is 2.41. The van der Waals surface area contributed by atoms with Crippen LogP contribution in [0.3, 0.4) is 0 Å². The number of fused-ring (bicyclic) bond motifs is 1. The number of benzene rings is 1. The van der Waals surface area contributed by atoms with Crippen LogP contribution in [0.4, 0.5) is 0 Å². The van der Waals surface area contributed by atoms with Gasteiger partial charge in [0.2, 0.25) is 0 Å². The van der Waals surface area contributed by atoms with Crippen molar-refractivity contribution in [3.8, 4) is 0 Å². The molecule has 1 aliphatic rings. The predicted molar refractivity (Wildman–Crippen MR) is 80.6 cm³/mol. The summed E-state index contributed by atoms with van der Waals surface area (Å²) in [5, 5.41) is 11.5. The zero-order valence-electron chi connectivity index (χ0n) is 12.2. The minimum atomic E-state index is -0.540. The summed E-state index contributed by atoms with van der Waals surface area (Å²) in [6, 6.07) is 10.5. The Hall–Kier alpha value is -1.32. The van der Waals surface area contributed by atoms with Gasteiger partial charge >= 0.3 is 0 Å². The highest BCUT2D eigenvalue weighted by Gasteiger charge is 2.31. The number of rotatable bonds is 6. The average Bonchev–Trinajstić information content (AvgIpc) is 3.16. The van der Waals surface area contributed by atoms with Crippen molar-refractivity contribution in [1.29, 1.82) is 0 Å². The average molecular weight is 273 g/mol. The molecule has 1 aliphatic carbocycles. The summed E-state index contributed by atoms with van der Waals surface area (Å²) in [6.07, 6.45) is 1.99. The van der Waals surface area contributed by atoms with Crippen molar-refractivity contribution in [2.24, 2.45) is 5.92 Å². The Labute approximate surface area is 120 Å². The minimum Gasteiger partial charge on any atom is -0.458 e. The molecule has 20 heavy (non-hydrogen) atoms. The van der Waals surface area contributed by atoms with E-state index in [2.05, 4.69) is 18.7 Å². The summed E-state index contributed by atoms with van der Waals surface area (Å²) in [7, 11) is 0. The third-order valence-corrected chi connectivity index (χ3v) is 3.84. The second kappa shape index (κ2) is 5.58. The topological polar surface area (TPSA) is 36.6 Å². The number of furan rings is 1. The number of para-hydroxylation sites is 1. The van der Waals surface area contributed by atoms with Crippen molar-refractivity contribution in [2.75, 3.05) is 13.1 Å². The third kappa shape index (κ3) is 3.05. The van der Waals surface area contributed by atoms with Gasteiger partial charge in [0.05, 0.1) is 0 Å². The van der Waals surface area contributed by atoms with Gasteiger partial charge in [0.25, 0.3) is 0 Å². The highest BCUT2D eigenvalue weighted by Crippen LogP contribution is 2.31. The van der Waals surface area contributed by atoms with Gasteiger partial charge in [-0.3, -0.25) is 4.90 Å². The van der Waals surface area contributed by atoms with Gasteiger partial charge in [-0.25, -0.2) is 0 Å². The maximum absolute atomic E-state index is 10.4. The zero-order chi connectivity index (χ0) is 14.1. The molecule has 2 aromatic rings. The highest BCUT2D eigenvalue weighted by atomic mass is 16.4. The van der Waals surface area contributed by atoms with Crippen molar-refractivity contribution < 1.29 is 9.52 Å². The summed E-state index contributed by atoms with van der Waals surface area (Å²) in [5.74, 6) is 1.30. The van der Waals surface area contributed by atoms with Crippen LogP contribution < -0.4 is 0 Å². The minimum absolute atomic E-state index is 0.540. The molecule has 1 saturated carbocycles. The van der Waals surface area contributed by atoms with E-state index in [9.17, 15) is 5.11 Å². The van der Waals surface area contributed by atoms with Crippen LogP contribution in [-0.2, 0) is 0 Å². The molecule has 1 fully saturated rings. The Kier molecular flexibility index (Phi) is 3.81. The molecule has 0 radical (unpaired) electrons. The van der Waals surface area contributed by atoms with Crippen LogP contribution in [0.2, 0.25) is 0 Å². The van der Waals surface area contributed by atoms with Crippen molar-refractivity contribution in [3.63, 3.8) is 0 Å². The van der Waals surface area contributed by atoms with Crippen LogP contribution >= 0.6 is 0 Å². The van der Waals surface area contributed by atoms with Crippen LogP contribution in [0.5, 0.6) is 0 Å². The van der Waals surface area contributed by atoms with Crippen LogP contribution in [0.1, 0.15) is 38.6 Å². The zero-order valence-corrected chi connectivity index (χ0v) is 12.2. The van der Waals surface area contributed by atoms with Gasteiger partial charge in [-0.05, 0) is 30.9 Å². The molecule has 0 bridgehead atoms. The van der Waals surface area contributed by atoms with E-state index in [1.165, 1.54) is 12.8 Å². The molecule has 1 aromatic carbocycles. The number of aliphatic hydroxyl groups is 1. The van der Waals surface area contributed by atoms with Gasteiger partial charge in [0, 0.05) is 24.5 Å². The van der Waals surface area contributed by atoms with Crippen molar-refractivity contribution in [3.05, 3.63) is 36.1 Å². The highest BCUT2D eigenvalue weighted by molar-refractivity contribution is 5.77. The molecule has 3 rings (SSSR count). The molecule has 1 heterocycles. The largest absolute Gasteiger partial charge is 0.458 e. The lowest BCUT2D eigenvalue weighted by Crippen LogP contribution is -2.33. The normalized spacial score (nSPS) is 17.2. The van der Waals surface area contributed by atoms with E-state index < -0.39 is 6.10 Å². The summed E-state index contributed by atoms with van der Waals surface area (Å²) >= 11 is 0. The first-order chi connectivity index (χ1) is 9.63. The molecule has 1 aromatic heterocycles. The number of aliphatic hydroxyl groups excluding tert-OH is 1. The lowest BCUT2D eigenvalue weighted by molar-refractivity contribution is 0.0860. The van der Waals surface area contributed by atoms with Gasteiger partial charge in [-0.2, -0.15) is 0 Å². The monoisotopic (exact) mass is 273 g/mol. The predicted octanol–water partition coefficient (Wildman–Crippen LogP) is 3.59. The lowest BCUT2D eigenvalue weighted by Gasteiger charge is -2.25. The molecule has 1 unspecified atom stereocenters. The Morgan fingerprint density at radius 3 is 2.65 bits per heavy atom. The van der Waals surface area contributed by atoms with Crippen molar-refractivity contribution in [2.45, 2.75) is 38.8 Å². The van der Waals surface area contributed by atoms with E-state index in [1.807, 2.05) is 30.3 Å². The fourth-order valence-corrected chi connectivity index (χ4v) is 2.76. The molecule has 0 aliphatic heterocycles. The van der Waals surface area contributed by atoms with Crippen LogP contribution in [0, 0.1) is 5.92 Å². The maximum atomic E-state index is 10.4. The Bertz CT molecular complexity index is 538. The fraction of sp³-hybridized carbons (Fsp3) is 0.529. The fourth-order valence-electron chi connectivity index (χ4n) is 2.76. The van der Waals surface area contributed by atoms with Gasteiger partial charge in [0.1, 0.15) is 17.4 Å². The van der Waals surface area contributed by atoms with Crippen LogP contribution in [0.25, 0.3) is 11.0 Å². The SMILES string of the molecule is CC(C)CN(CC(O)c1cc2ccccc2o1)C1CC1. The summed E-state index contributed by atoms with van der Waals surface area (Å²) in [5.41, 5.74) is 0.850. The van der Waals surface area contributed by atoms with E-state index >= 15 is 0 Å². The quantitative estimate of drug-likeness (QED) is 0.874. The lowest BCUT2D eigenvalue weighted by atomic mass is 10.1. The molecule has 1 N–H and O–H groups in total. The number of nitrogens with zero attached hydrogens (tertiary/aromatic N) is 1. The molecule has 0 amide bonds. The van der Waals surface area contributed by atoms with Crippen molar-refractivity contribution in [1.82, 2.24) is 4.90 Å². The Morgan fingerprint density at radius 1 is 1.25 bits per heavy atom. The summed E-state index contributed by atoms with van der Waals surface area (Å²) in [6.45, 7) is 6.16. The molecule has 0 saturated heterocycles. The first kappa shape index (κ1) is 13.7. The first-order valence-electron chi connectivity index (χ1n) is 7.54. The van der Waals surface area contributed by atoms with E-state index in [0.717, 1.165) is 17.5 Å². The van der Waals surface area contributed by atoms with Crippen LogP contribution in [-0.4, -0.2) is 29.1 Å². The van der Waals surface area contributed by atoms with Crippen LogP contribution in [0.15, 0.2) is 34.7 Å². The van der Waals surface area contributed by atoms with Crippen molar-refractivity contribution >= 4 is 11.0 Å². The number of hydrogen-bond donors (Lipinski definition) is 1. The molecular formula is C17H23NO2. The standard InChI is InChI=1S/C17H23NO2/c1-12(2)10-18(14-7-8-14)11-15(19)17-9-13-5-3-4-6-16(13)20-17/h3-6,9,12,14-15,19H,7-8,10-11H2,1-2H3. The van der Waals surface area contributed by atoms with Gasteiger partial charge in [0.15, 0.2) is 0 Å². The molecule has 108 valence electrons. The molecule has 3 nitrogen and oxygen atoms in total. The van der Waals surface area contributed by atoms with E-state index in [1.54, 1.807) is 0 Å². The van der Waals surface area contributed by atoms with E-state index in [0.29, 0.717) is 24.3 Å². The molecule has 0 spiro atoms. The maximum Gasteiger partial charge on any atom is 0.135 e. The molecule has 1 atom stereocenters. The number of hydrogen-bond acceptors (Lipinski definition) is 3. The van der Waals surface area contributed by atoms with Gasteiger partial charge in [-0.1, -0.05) is 32.0 Å². The van der Waals surface area contributed by atoms with E-state index in [-0.39, 0.29) is 0 Å². The molecular weight excluding hydrogens is 250 g/mol. The smallest absolute Gasteiger partial charge is 0.135 e. The molecule has 3 heteroatoms.